The molecule has 18 heavy (non-hydrogen) atoms. The van der Waals surface area contributed by atoms with Gasteiger partial charge in [0.05, 0.1) is 13.0 Å². The summed E-state index contributed by atoms with van der Waals surface area (Å²) in [5, 5.41) is 2.78. The molecule has 0 saturated heterocycles. The maximum Gasteiger partial charge on any atom is 0.226 e. The van der Waals surface area contributed by atoms with Crippen LogP contribution >= 0.6 is 0 Å². The summed E-state index contributed by atoms with van der Waals surface area (Å²) in [5.41, 5.74) is 6.99. The Kier molecular flexibility index (Phi) is 6.22. The third-order valence-electron chi connectivity index (χ3n) is 2.48. The van der Waals surface area contributed by atoms with E-state index in [1.165, 1.54) is 0 Å². The molecular weight excluding hydrogens is 228 g/mol. The molecule has 0 unspecified atom stereocenters. The first kappa shape index (κ1) is 14.5. The summed E-state index contributed by atoms with van der Waals surface area (Å²) in [6.45, 7) is 5.47. The minimum absolute atomic E-state index is 0.0508. The second-order valence-electron chi connectivity index (χ2n) is 4.72. The van der Waals surface area contributed by atoms with E-state index in [2.05, 4.69) is 19.2 Å². The van der Waals surface area contributed by atoms with Crippen LogP contribution in [0, 0.1) is 5.92 Å². The normalized spacial score (nSPS) is 10.6. The SMILES string of the molecule is CC(C)CCOCCC(=O)Nc1cccc(N)c1. The molecule has 1 aromatic carbocycles. The van der Waals surface area contributed by atoms with E-state index in [0.29, 0.717) is 31.2 Å². The fraction of sp³-hybridized carbons (Fsp3) is 0.500. The first-order chi connectivity index (χ1) is 8.58. The topological polar surface area (TPSA) is 64.3 Å². The lowest BCUT2D eigenvalue weighted by atomic mass is 10.1. The van der Waals surface area contributed by atoms with Crippen LogP contribution in [0.25, 0.3) is 0 Å². The summed E-state index contributed by atoms with van der Waals surface area (Å²) in [6, 6.07) is 7.14. The van der Waals surface area contributed by atoms with Gasteiger partial charge in [-0.25, -0.2) is 0 Å². The van der Waals surface area contributed by atoms with Crippen LogP contribution in [0.4, 0.5) is 11.4 Å². The van der Waals surface area contributed by atoms with E-state index in [0.717, 1.165) is 12.1 Å². The third kappa shape index (κ3) is 6.25. The number of nitrogens with one attached hydrogen (secondary N) is 1. The van der Waals surface area contributed by atoms with Crippen molar-refractivity contribution in [3.05, 3.63) is 24.3 Å². The number of carbonyl (C=O) groups excluding carboxylic acids is 1. The average Bonchev–Trinajstić information content (AvgIpc) is 2.28. The molecule has 0 saturated carbocycles. The summed E-state index contributed by atoms with van der Waals surface area (Å²) < 4.78 is 5.39. The van der Waals surface area contributed by atoms with E-state index >= 15 is 0 Å². The van der Waals surface area contributed by atoms with Crippen LogP contribution in [0.15, 0.2) is 24.3 Å². The highest BCUT2D eigenvalue weighted by atomic mass is 16.5. The number of rotatable bonds is 7. The smallest absolute Gasteiger partial charge is 0.226 e. The number of nitrogen functional groups attached to an aromatic ring is 1. The number of nitrogens with two attached hydrogens (primary N) is 1. The number of hydrogen-bond donors (Lipinski definition) is 2. The Morgan fingerprint density at radius 1 is 1.39 bits per heavy atom. The maximum atomic E-state index is 11.6. The van der Waals surface area contributed by atoms with Crippen molar-refractivity contribution in [2.24, 2.45) is 5.92 Å². The van der Waals surface area contributed by atoms with Gasteiger partial charge in [-0.1, -0.05) is 19.9 Å². The zero-order valence-corrected chi connectivity index (χ0v) is 11.1. The van der Waals surface area contributed by atoms with Crippen LogP contribution < -0.4 is 11.1 Å². The largest absolute Gasteiger partial charge is 0.399 e. The lowest BCUT2D eigenvalue weighted by Crippen LogP contribution is -2.14. The lowest BCUT2D eigenvalue weighted by Gasteiger charge is -2.07. The monoisotopic (exact) mass is 250 g/mol. The minimum Gasteiger partial charge on any atom is -0.399 e. The van der Waals surface area contributed by atoms with Crippen LogP contribution in [-0.2, 0) is 9.53 Å². The molecule has 0 fully saturated rings. The summed E-state index contributed by atoms with van der Waals surface area (Å²) in [7, 11) is 0. The number of benzene rings is 1. The standard InChI is InChI=1S/C14H22N2O2/c1-11(2)6-8-18-9-7-14(17)16-13-5-3-4-12(15)10-13/h3-5,10-11H,6-9,15H2,1-2H3,(H,16,17). The Labute approximate surface area is 109 Å². The summed E-state index contributed by atoms with van der Waals surface area (Å²) in [5.74, 6) is 0.580. The second kappa shape index (κ2) is 7.71. The molecule has 0 radical (unpaired) electrons. The highest BCUT2D eigenvalue weighted by molar-refractivity contribution is 5.91. The molecule has 0 aliphatic carbocycles. The van der Waals surface area contributed by atoms with Crippen molar-refractivity contribution in [2.75, 3.05) is 24.3 Å². The van der Waals surface area contributed by atoms with Crippen molar-refractivity contribution in [3.8, 4) is 0 Å². The first-order valence-corrected chi connectivity index (χ1v) is 6.31. The van der Waals surface area contributed by atoms with Gasteiger partial charge in [-0.05, 0) is 30.5 Å². The van der Waals surface area contributed by atoms with Crippen LogP contribution in [0.2, 0.25) is 0 Å². The number of hydrogen-bond acceptors (Lipinski definition) is 3. The molecule has 0 aliphatic rings. The van der Waals surface area contributed by atoms with Gasteiger partial charge in [0, 0.05) is 18.0 Å². The Morgan fingerprint density at radius 3 is 2.83 bits per heavy atom. The Morgan fingerprint density at radius 2 is 2.17 bits per heavy atom. The maximum absolute atomic E-state index is 11.6. The van der Waals surface area contributed by atoms with Gasteiger partial charge in [0.1, 0.15) is 0 Å². The second-order valence-corrected chi connectivity index (χ2v) is 4.72. The van der Waals surface area contributed by atoms with E-state index in [-0.39, 0.29) is 5.91 Å². The van der Waals surface area contributed by atoms with E-state index in [9.17, 15) is 4.79 Å². The summed E-state index contributed by atoms with van der Waals surface area (Å²) in [4.78, 5) is 11.6. The molecule has 0 aromatic heterocycles. The number of carbonyl (C=O) groups is 1. The predicted octanol–water partition coefficient (Wildman–Crippen LogP) is 2.66. The molecule has 4 heteroatoms. The van der Waals surface area contributed by atoms with E-state index < -0.39 is 0 Å². The molecule has 4 nitrogen and oxygen atoms in total. The van der Waals surface area contributed by atoms with Crippen molar-refractivity contribution in [2.45, 2.75) is 26.7 Å². The van der Waals surface area contributed by atoms with Gasteiger partial charge >= 0.3 is 0 Å². The van der Waals surface area contributed by atoms with Gasteiger partial charge in [-0.3, -0.25) is 4.79 Å². The molecule has 0 spiro atoms. The lowest BCUT2D eigenvalue weighted by molar-refractivity contribution is -0.117. The van der Waals surface area contributed by atoms with Gasteiger partial charge in [0.15, 0.2) is 0 Å². The molecule has 100 valence electrons. The molecule has 0 atom stereocenters. The van der Waals surface area contributed by atoms with Crippen LogP contribution in [0.1, 0.15) is 26.7 Å². The molecule has 0 bridgehead atoms. The van der Waals surface area contributed by atoms with Crippen LogP contribution in [0.5, 0.6) is 0 Å². The molecule has 0 aliphatic heterocycles. The highest BCUT2D eigenvalue weighted by Crippen LogP contribution is 2.11. The molecule has 0 heterocycles. The number of amides is 1. The fourth-order valence-electron chi connectivity index (χ4n) is 1.43. The van der Waals surface area contributed by atoms with Crippen molar-refractivity contribution in [3.63, 3.8) is 0 Å². The average molecular weight is 250 g/mol. The molecule has 1 aromatic rings. The Bertz CT molecular complexity index is 378. The van der Waals surface area contributed by atoms with Crippen molar-refractivity contribution in [1.82, 2.24) is 0 Å². The molecule has 3 N–H and O–H groups in total. The van der Waals surface area contributed by atoms with Crippen molar-refractivity contribution in [1.29, 1.82) is 0 Å². The van der Waals surface area contributed by atoms with Crippen LogP contribution in [-0.4, -0.2) is 19.1 Å². The van der Waals surface area contributed by atoms with Crippen molar-refractivity contribution < 1.29 is 9.53 Å². The molecular formula is C14H22N2O2. The zero-order valence-electron chi connectivity index (χ0n) is 11.1. The van der Waals surface area contributed by atoms with E-state index in [4.69, 9.17) is 10.5 Å². The van der Waals surface area contributed by atoms with Gasteiger partial charge in [0.2, 0.25) is 5.91 Å². The fourth-order valence-corrected chi connectivity index (χ4v) is 1.43. The number of anilines is 2. The van der Waals surface area contributed by atoms with Gasteiger partial charge in [-0.2, -0.15) is 0 Å². The van der Waals surface area contributed by atoms with Gasteiger partial charge < -0.3 is 15.8 Å². The van der Waals surface area contributed by atoms with E-state index in [1.54, 1.807) is 12.1 Å². The summed E-state index contributed by atoms with van der Waals surface area (Å²) in [6.07, 6.45) is 1.39. The van der Waals surface area contributed by atoms with Crippen LogP contribution in [0.3, 0.4) is 0 Å². The Balaban J connectivity index is 2.18. The van der Waals surface area contributed by atoms with Gasteiger partial charge in [-0.15, -0.1) is 0 Å². The first-order valence-electron chi connectivity index (χ1n) is 6.31. The zero-order chi connectivity index (χ0) is 13.4. The minimum atomic E-state index is -0.0508. The predicted molar refractivity (Wildman–Crippen MR) is 74.4 cm³/mol. The summed E-state index contributed by atoms with van der Waals surface area (Å²) >= 11 is 0. The third-order valence-corrected chi connectivity index (χ3v) is 2.48. The highest BCUT2D eigenvalue weighted by Gasteiger charge is 2.02. The number of ether oxygens (including phenoxy) is 1. The van der Waals surface area contributed by atoms with Crippen molar-refractivity contribution >= 4 is 17.3 Å². The van der Waals surface area contributed by atoms with Gasteiger partial charge in [0.25, 0.3) is 0 Å². The molecule has 1 rings (SSSR count). The Hall–Kier alpha value is -1.55. The molecule has 1 amide bonds. The quantitative estimate of drug-likeness (QED) is 0.577. The van der Waals surface area contributed by atoms with E-state index in [1.807, 2.05) is 12.1 Å².